The fourth-order valence-electron chi connectivity index (χ4n) is 1.33. The molecule has 0 aliphatic rings. The van der Waals surface area contributed by atoms with Crippen molar-refractivity contribution in [3.05, 3.63) is 29.6 Å². The minimum atomic E-state index is -0.226. The first-order chi connectivity index (χ1) is 7.69. The molecule has 2 N–H and O–H groups in total. The number of rotatable bonds is 5. The highest BCUT2D eigenvalue weighted by atomic mass is 16.3. The van der Waals surface area contributed by atoms with Crippen LogP contribution in [0.25, 0.3) is 0 Å². The Morgan fingerprint density at radius 2 is 1.94 bits per heavy atom. The van der Waals surface area contributed by atoms with Gasteiger partial charge in [0.05, 0.1) is 18.8 Å². The van der Waals surface area contributed by atoms with E-state index in [2.05, 4.69) is 4.98 Å². The van der Waals surface area contributed by atoms with E-state index in [1.165, 1.54) is 11.1 Å². The molecule has 5 nitrogen and oxygen atoms in total. The van der Waals surface area contributed by atoms with Crippen molar-refractivity contribution in [2.75, 3.05) is 26.3 Å². The van der Waals surface area contributed by atoms with Crippen LogP contribution in [0.3, 0.4) is 0 Å². The normalized spacial score (nSPS) is 10.2. The molecule has 0 aliphatic heterocycles. The van der Waals surface area contributed by atoms with Crippen LogP contribution in [0.4, 0.5) is 0 Å². The van der Waals surface area contributed by atoms with Crippen molar-refractivity contribution in [2.45, 2.75) is 6.92 Å². The van der Waals surface area contributed by atoms with Crippen molar-refractivity contribution < 1.29 is 15.0 Å². The molecule has 0 aliphatic carbocycles. The Hall–Kier alpha value is -1.46. The second-order valence-corrected chi connectivity index (χ2v) is 3.43. The van der Waals surface area contributed by atoms with E-state index < -0.39 is 0 Å². The first-order valence-corrected chi connectivity index (χ1v) is 5.12. The maximum absolute atomic E-state index is 11.9. The standard InChI is InChI=1S/C11H16N2O3/c1-9-2-3-10(8-12-9)11(16)13(4-6-14)5-7-15/h2-3,8,14-15H,4-7H2,1H3. The Morgan fingerprint density at radius 3 is 2.38 bits per heavy atom. The molecule has 88 valence electrons. The summed E-state index contributed by atoms with van der Waals surface area (Å²) in [6.45, 7) is 2.03. The quantitative estimate of drug-likeness (QED) is 0.727. The van der Waals surface area contributed by atoms with Crippen molar-refractivity contribution in [1.29, 1.82) is 0 Å². The zero-order valence-corrected chi connectivity index (χ0v) is 9.26. The largest absolute Gasteiger partial charge is 0.395 e. The van der Waals surface area contributed by atoms with Crippen molar-refractivity contribution in [3.8, 4) is 0 Å². The Kier molecular flexibility index (Phi) is 4.88. The lowest BCUT2D eigenvalue weighted by atomic mass is 10.2. The highest BCUT2D eigenvalue weighted by Gasteiger charge is 2.14. The molecule has 0 saturated heterocycles. The first-order valence-electron chi connectivity index (χ1n) is 5.12. The van der Waals surface area contributed by atoms with Crippen LogP contribution in [0.2, 0.25) is 0 Å². The van der Waals surface area contributed by atoms with Gasteiger partial charge in [-0.1, -0.05) is 0 Å². The average molecular weight is 224 g/mol. The Morgan fingerprint density at radius 1 is 1.31 bits per heavy atom. The molecule has 0 aromatic carbocycles. The van der Waals surface area contributed by atoms with Crippen LogP contribution in [0.15, 0.2) is 18.3 Å². The van der Waals surface area contributed by atoms with Gasteiger partial charge in [0.15, 0.2) is 0 Å². The summed E-state index contributed by atoms with van der Waals surface area (Å²) in [5.74, 6) is -0.226. The summed E-state index contributed by atoms with van der Waals surface area (Å²) in [4.78, 5) is 17.3. The summed E-state index contributed by atoms with van der Waals surface area (Å²) in [6.07, 6.45) is 1.50. The Balaban J connectivity index is 2.77. The molecule has 1 aromatic rings. The number of aromatic nitrogens is 1. The summed E-state index contributed by atoms with van der Waals surface area (Å²) in [6, 6.07) is 3.44. The highest BCUT2D eigenvalue weighted by molar-refractivity contribution is 5.93. The molecule has 0 spiro atoms. The minimum Gasteiger partial charge on any atom is -0.395 e. The van der Waals surface area contributed by atoms with Gasteiger partial charge in [-0.3, -0.25) is 9.78 Å². The minimum absolute atomic E-state index is 0.120. The van der Waals surface area contributed by atoms with E-state index in [1.807, 2.05) is 6.92 Å². The molecule has 0 radical (unpaired) electrons. The van der Waals surface area contributed by atoms with Crippen LogP contribution in [0, 0.1) is 6.92 Å². The summed E-state index contributed by atoms with van der Waals surface area (Å²) < 4.78 is 0. The second-order valence-electron chi connectivity index (χ2n) is 3.43. The van der Waals surface area contributed by atoms with Gasteiger partial charge in [0.2, 0.25) is 0 Å². The third-order valence-corrected chi connectivity index (χ3v) is 2.19. The summed E-state index contributed by atoms with van der Waals surface area (Å²) in [5, 5.41) is 17.6. The molecule has 0 unspecified atom stereocenters. The van der Waals surface area contributed by atoms with Crippen molar-refractivity contribution in [3.63, 3.8) is 0 Å². The number of hydrogen-bond acceptors (Lipinski definition) is 4. The lowest BCUT2D eigenvalue weighted by Crippen LogP contribution is -2.35. The predicted octanol–water partition coefficient (Wildman–Crippen LogP) is -0.183. The SMILES string of the molecule is Cc1ccc(C(=O)N(CCO)CCO)cn1. The molecule has 0 saturated carbocycles. The van der Waals surface area contributed by atoms with Crippen LogP contribution >= 0.6 is 0 Å². The zero-order chi connectivity index (χ0) is 12.0. The van der Waals surface area contributed by atoms with Gasteiger partial charge in [0, 0.05) is 25.0 Å². The van der Waals surface area contributed by atoms with Crippen LogP contribution in [-0.2, 0) is 0 Å². The van der Waals surface area contributed by atoms with Gasteiger partial charge in [-0.2, -0.15) is 0 Å². The number of carbonyl (C=O) groups excluding carboxylic acids is 1. The van der Waals surface area contributed by atoms with Gasteiger partial charge in [0.25, 0.3) is 5.91 Å². The van der Waals surface area contributed by atoms with E-state index in [9.17, 15) is 4.79 Å². The smallest absolute Gasteiger partial charge is 0.255 e. The van der Waals surface area contributed by atoms with Gasteiger partial charge >= 0.3 is 0 Å². The molecule has 16 heavy (non-hydrogen) atoms. The lowest BCUT2D eigenvalue weighted by Gasteiger charge is -2.20. The van der Waals surface area contributed by atoms with Gasteiger partial charge in [-0.25, -0.2) is 0 Å². The second kappa shape index (κ2) is 6.19. The van der Waals surface area contributed by atoms with Crippen LogP contribution in [0.5, 0.6) is 0 Å². The van der Waals surface area contributed by atoms with E-state index in [4.69, 9.17) is 10.2 Å². The first kappa shape index (κ1) is 12.6. The third kappa shape index (κ3) is 3.29. The van der Waals surface area contributed by atoms with Gasteiger partial charge in [0.1, 0.15) is 0 Å². The number of amides is 1. The molecule has 1 aromatic heterocycles. The van der Waals surface area contributed by atoms with Gasteiger partial charge in [-0.15, -0.1) is 0 Å². The Labute approximate surface area is 94.4 Å². The van der Waals surface area contributed by atoms with E-state index >= 15 is 0 Å². The van der Waals surface area contributed by atoms with Crippen molar-refractivity contribution in [1.82, 2.24) is 9.88 Å². The maximum atomic E-state index is 11.9. The summed E-state index contributed by atoms with van der Waals surface area (Å²) in [5.41, 5.74) is 1.31. The van der Waals surface area contributed by atoms with Crippen LogP contribution in [-0.4, -0.2) is 52.3 Å². The number of aliphatic hydroxyl groups is 2. The Bertz CT molecular complexity index is 332. The fourth-order valence-corrected chi connectivity index (χ4v) is 1.33. The van der Waals surface area contributed by atoms with Gasteiger partial charge < -0.3 is 15.1 Å². The zero-order valence-electron chi connectivity index (χ0n) is 9.26. The van der Waals surface area contributed by atoms with E-state index in [0.717, 1.165) is 5.69 Å². The van der Waals surface area contributed by atoms with Crippen LogP contribution in [0.1, 0.15) is 16.1 Å². The van der Waals surface area contributed by atoms with Crippen molar-refractivity contribution in [2.24, 2.45) is 0 Å². The highest BCUT2D eigenvalue weighted by Crippen LogP contribution is 2.04. The van der Waals surface area contributed by atoms with E-state index in [-0.39, 0.29) is 32.2 Å². The van der Waals surface area contributed by atoms with E-state index in [0.29, 0.717) is 5.56 Å². The van der Waals surface area contributed by atoms with Crippen molar-refractivity contribution >= 4 is 5.91 Å². The summed E-state index contributed by atoms with van der Waals surface area (Å²) in [7, 11) is 0. The van der Waals surface area contributed by atoms with Crippen LogP contribution < -0.4 is 0 Å². The molecular weight excluding hydrogens is 208 g/mol. The molecule has 1 heterocycles. The molecule has 0 atom stereocenters. The number of pyridine rings is 1. The van der Waals surface area contributed by atoms with Gasteiger partial charge in [-0.05, 0) is 19.1 Å². The number of hydrogen-bond donors (Lipinski definition) is 2. The van der Waals surface area contributed by atoms with E-state index in [1.54, 1.807) is 12.1 Å². The summed E-state index contributed by atoms with van der Waals surface area (Å²) >= 11 is 0. The molecule has 0 fully saturated rings. The predicted molar refractivity (Wildman–Crippen MR) is 59.0 cm³/mol. The molecule has 0 bridgehead atoms. The molecule has 5 heteroatoms. The monoisotopic (exact) mass is 224 g/mol. The number of nitrogens with zero attached hydrogens (tertiary/aromatic N) is 2. The topological polar surface area (TPSA) is 73.7 Å². The molecule has 1 rings (SSSR count). The lowest BCUT2D eigenvalue weighted by molar-refractivity contribution is 0.0684. The average Bonchev–Trinajstić information content (AvgIpc) is 2.29. The maximum Gasteiger partial charge on any atom is 0.255 e. The third-order valence-electron chi connectivity index (χ3n) is 2.19. The number of aliphatic hydroxyl groups excluding tert-OH is 2. The number of carbonyl (C=O) groups is 1. The molecule has 1 amide bonds. The molecular formula is C11H16N2O3. The fraction of sp³-hybridized carbons (Fsp3) is 0.455. The number of aryl methyl sites for hydroxylation is 1.